The van der Waals surface area contributed by atoms with Gasteiger partial charge in [0.25, 0.3) is 0 Å². The standard InChI is InChI=1S/C26H35F3N2O3S/c1-16(2)31-21(15-23(30-31)24(3,4)5)22(32)13-17-11-19(12-17)25(6,7)35(33,34)20-10-8-9-18(14-20)26(27,28)29/h8-10,14-17,19H,11-13H2,1-7H3. The Morgan fingerprint density at radius 3 is 2.20 bits per heavy atom. The van der Waals surface area contributed by atoms with Crippen LogP contribution in [0, 0.1) is 11.8 Å². The summed E-state index contributed by atoms with van der Waals surface area (Å²) < 4.78 is 66.4. The lowest BCUT2D eigenvalue weighted by Crippen LogP contribution is -2.46. The van der Waals surface area contributed by atoms with Crippen LogP contribution in [0.25, 0.3) is 0 Å². The molecule has 0 N–H and O–H groups in total. The van der Waals surface area contributed by atoms with Crippen LogP contribution in [-0.4, -0.2) is 28.7 Å². The molecule has 1 saturated carbocycles. The summed E-state index contributed by atoms with van der Waals surface area (Å²) in [6, 6.07) is 5.78. The van der Waals surface area contributed by atoms with Crippen molar-refractivity contribution in [2.75, 3.05) is 0 Å². The van der Waals surface area contributed by atoms with Crippen molar-refractivity contribution in [1.82, 2.24) is 9.78 Å². The van der Waals surface area contributed by atoms with E-state index in [9.17, 15) is 26.4 Å². The van der Waals surface area contributed by atoms with E-state index < -0.39 is 26.3 Å². The summed E-state index contributed by atoms with van der Waals surface area (Å²) in [4.78, 5) is 12.8. The first-order chi connectivity index (χ1) is 15.9. The van der Waals surface area contributed by atoms with E-state index in [1.807, 2.05) is 40.7 Å². The fourth-order valence-electron chi connectivity index (χ4n) is 4.56. The number of carbonyl (C=O) groups is 1. The van der Waals surface area contributed by atoms with Gasteiger partial charge in [-0.1, -0.05) is 26.8 Å². The number of alkyl halides is 3. The number of aromatic nitrogens is 2. The van der Waals surface area contributed by atoms with E-state index in [-0.39, 0.29) is 40.4 Å². The summed E-state index contributed by atoms with van der Waals surface area (Å²) in [6.45, 7) is 13.2. The number of hydrogen-bond acceptors (Lipinski definition) is 4. The number of benzene rings is 1. The molecule has 0 spiro atoms. The number of sulfone groups is 1. The average Bonchev–Trinajstić information content (AvgIpc) is 3.16. The van der Waals surface area contributed by atoms with Crippen LogP contribution < -0.4 is 0 Å². The smallest absolute Gasteiger partial charge is 0.292 e. The topological polar surface area (TPSA) is 69.0 Å². The van der Waals surface area contributed by atoms with Crippen molar-refractivity contribution in [3.63, 3.8) is 0 Å². The zero-order valence-electron chi connectivity index (χ0n) is 21.4. The van der Waals surface area contributed by atoms with Crippen molar-refractivity contribution < 1.29 is 26.4 Å². The summed E-state index contributed by atoms with van der Waals surface area (Å²) in [6.07, 6.45) is -3.27. The number of hydrogen-bond donors (Lipinski definition) is 0. The van der Waals surface area contributed by atoms with Gasteiger partial charge in [0.15, 0.2) is 15.6 Å². The van der Waals surface area contributed by atoms with Gasteiger partial charge < -0.3 is 0 Å². The molecule has 1 aromatic heterocycles. The summed E-state index contributed by atoms with van der Waals surface area (Å²) in [5, 5.41) is 4.63. The molecule has 194 valence electrons. The molecule has 3 rings (SSSR count). The third kappa shape index (κ3) is 5.34. The monoisotopic (exact) mass is 512 g/mol. The first-order valence-corrected chi connectivity index (χ1v) is 13.4. The summed E-state index contributed by atoms with van der Waals surface area (Å²) in [5.74, 6) is -0.249. The Morgan fingerprint density at radius 2 is 1.69 bits per heavy atom. The number of rotatable bonds is 7. The molecule has 0 amide bonds. The molecule has 1 aliphatic rings. The van der Waals surface area contributed by atoms with Crippen molar-refractivity contribution in [3.8, 4) is 0 Å². The SMILES string of the molecule is CC(C)n1nc(C(C)(C)C)cc1C(=O)CC1CC(C(C)(C)S(=O)(=O)c2cccc(C(F)(F)F)c2)C1. The molecule has 0 atom stereocenters. The molecule has 1 heterocycles. The van der Waals surface area contributed by atoms with Gasteiger partial charge in [-0.3, -0.25) is 9.48 Å². The molecule has 2 aromatic rings. The van der Waals surface area contributed by atoms with Crippen LogP contribution in [0.4, 0.5) is 13.2 Å². The predicted molar refractivity (Wildman–Crippen MR) is 129 cm³/mol. The van der Waals surface area contributed by atoms with Crippen LogP contribution >= 0.6 is 0 Å². The van der Waals surface area contributed by atoms with Gasteiger partial charge in [-0.15, -0.1) is 0 Å². The normalized spacial score (nSPS) is 19.6. The highest BCUT2D eigenvalue weighted by Gasteiger charge is 2.49. The fourth-order valence-corrected chi connectivity index (χ4v) is 6.34. The van der Waals surface area contributed by atoms with Gasteiger partial charge >= 0.3 is 6.18 Å². The first kappa shape index (κ1) is 27.4. The van der Waals surface area contributed by atoms with Crippen LogP contribution in [0.5, 0.6) is 0 Å². The second-order valence-electron chi connectivity index (χ2n) is 11.5. The highest BCUT2D eigenvalue weighted by molar-refractivity contribution is 7.92. The van der Waals surface area contributed by atoms with E-state index >= 15 is 0 Å². The molecule has 0 unspecified atom stereocenters. The lowest BCUT2D eigenvalue weighted by Gasteiger charge is -2.44. The zero-order chi connectivity index (χ0) is 26.6. The second kappa shape index (κ2) is 9.05. The van der Waals surface area contributed by atoms with Gasteiger partial charge in [-0.05, 0) is 76.6 Å². The Hall–Kier alpha value is -2.16. The van der Waals surface area contributed by atoms with Crippen molar-refractivity contribution in [2.24, 2.45) is 11.8 Å². The number of halogens is 3. The van der Waals surface area contributed by atoms with Crippen molar-refractivity contribution in [2.45, 2.75) is 95.0 Å². The number of nitrogens with zero attached hydrogens (tertiary/aromatic N) is 2. The minimum atomic E-state index is -4.62. The molecule has 1 aliphatic carbocycles. The van der Waals surface area contributed by atoms with E-state index in [2.05, 4.69) is 5.10 Å². The third-order valence-corrected chi connectivity index (χ3v) is 9.73. The Kier molecular flexibility index (Phi) is 7.09. The molecule has 0 radical (unpaired) electrons. The van der Waals surface area contributed by atoms with Crippen LogP contribution in [0.2, 0.25) is 0 Å². The maximum Gasteiger partial charge on any atom is 0.416 e. The van der Waals surface area contributed by atoms with Gasteiger partial charge in [0, 0.05) is 17.9 Å². The van der Waals surface area contributed by atoms with E-state index in [4.69, 9.17) is 0 Å². The average molecular weight is 513 g/mol. The number of carbonyl (C=O) groups excluding carboxylic acids is 1. The van der Waals surface area contributed by atoms with Crippen molar-refractivity contribution in [3.05, 3.63) is 47.3 Å². The Balaban J connectivity index is 1.73. The number of Topliss-reactive ketones (excluding diaryl/α,β-unsaturated/α-hetero) is 1. The fraction of sp³-hybridized carbons (Fsp3) is 0.615. The van der Waals surface area contributed by atoms with Gasteiger partial charge in [-0.2, -0.15) is 18.3 Å². The molecule has 35 heavy (non-hydrogen) atoms. The maximum absolute atomic E-state index is 13.3. The molecule has 0 saturated heterocycles. The lowest BCUT2D eigenvalue weighted by molar-refractivity contribution is -0.137. The highest BCUT2D eigenvalue weighted by atomic mass is 32.2. The molecule has 5 nitrogen and oxygen atoms in total. The quantitative estimate of drug-likeness (QED) is 0.391. The van der Waals surface area contributed by atoms with Gasteiger partial charge in [-0.25, -0.2) is 8.42 Å². The van der Waals surface area contributed by atoms with Crippen molar-refractivity contribution in [1.29, 1.82) is 0 Å². The second-order valence-corrected chi connectivity index (χ2v) is 14.0. The van der Waals surface area contributed by atoms with Crippen LogP contribution in [0.3, 0.4) is 0 Å². The molecule has 9 heteroatoms. The summed E-state index contributed by atoms with van der Waals surface area (Å²) in [5.41, 5.74) is 0.222. The van der Waals surface area contributed by atoms with Crippen LogP contribution in [0.15, 0.2) is 35.2 Å². The largest absolute Gasteiger partial charge is 0.416 e. The van der Waals surface area contributed by atoms with E-state index in [0.29, 0.717) is 24.6 Å². The summed E-state index contributed by atoms with van der Waals surface area (Å²) >= 11 is 0. The summed E-state index contributed by atoms with van der Waals surface area (Å²) in [7, 11) is -4.02. The van der Waals surface area contributed by atoms with E-state index in [1.54, 1.807) is 18.5 Å². The first-order valence-electron chi connectivity index (χ1n) is 11.9. The molecule has 0 aliphatic heterocycles. The minimum Gasteiger partial charge on any atom is -0.292 e. The highest BCUT2D eigenvalue weighted by Crippen LogP contribution is 2.48. The van der Waals surface area contributed by atoms with Gasteiger partial charge in [0.05, 0.1) is 20.9 Å². The molecular formula is C26H35F3N2O3S. The predicted octanol–water partition coefficient (Wildman–Crippen LogP) is 6.63. The zero-order valence-corrected chi connectivity index (χ0v) is 22.2. The molecule has 1 fully saturated rings. The van der Waals surface area contributed by atoms with Crippen LogP contribution in [-0.2, 0) is 21.4 Å². The van der Waals surface area contributed by atoms with E-state index in [1.165, 1.54) is 6.07 Å². The van der Waals surface area contributed by atoms with Crippen LogP contribution in [0.1, 0.15) is 95.5 Å². The van der Waals surface area contributed by atoms with Crippen molar-refractivity contribution >= 4 is 15.6 Å². The van der Waals surface area contributed by atoms with Gasteiger partial charge in [0.1, 0.15) is 5.69 Å². The molecule has 0 bridgehead atoms. The Labute approximate surface area is 206 Å². The molecular weight excluding hydrogens is 477 g/mol. The lowest BCUT2D eigenvalue weighted by atomic mass is 9.67. The minimum absolute atomic E-state index is 0.0238. The molecule has 1 aromatic carbocycles. The third-order valence-electron chi connectivity index (χ3n) is 7.14. The Morgan fingerprint density at radius 1 is 1.09 bits per heavy atom. The number of ketones is 1. The van der Waals surface area contributed by atoms with Gasteiger partial charge in [0.2, 0.25) is 0 Å². The maximum atomic E-state index is 13.3. The Bertz CT molecular complexity index is 1200. The van der Waals surface area contributed by atoms with E-state index in [0.717, 1.165) is 17.8 Å².